The molecule has 2 N–H and O–H groups in total. The van der Waals surface area contributed by atoms with E-state index < -0.39 is 9.84 Å². The fraction of sp³-hybridized carbons (Fsp3) is 0.500. The quantitative estimate of drug-likeness (QED) is 0.782. The van der Waals surface area contributed by atoms with Crippen LogP contribution >= 0.6 is 0 Å². The zero-order chi connectivity index (χ0) is 12.9. The van der Waals surface area contributed by atoms with Crippen molar-refractivity contribution < 1.29 is 13.2 Å². The number of ether oxygens (including phenoxy) is 1. The lowest BCUT2D eigenvalue weighted by Gasteiger charge is -2.09. The summed E-state index contributed by atoms with van der Waals surface area (Å²) < 4.78 is 28.2. The Morgan fingerprint density at radius 1 is 1.29 bits per heavy atom. The number of methoxy groups -OCH3 is 1. The maximum Gasteiger partial charge on any atom is 0.179 e. The third-order valence-corrected chi connectivity index (χ3v) is 3.67. The molecule has 17 heavy (non-hydrogen) atoms. The van der Waals surface area contributed by atoms with E-state index in [1.54, 1.807) is 12.1 Å². The maximum absolute atomic E-state index is 11.6. The summed E-state index contributed by atoms with van der Waals surface area (Å²) in [6.07, 6.45) is 3.94. The normalized spacial score (nSPS) is 11.5. The second-order valence-corrected chi connectivity index (χ2v) is 5.99. The molecule has 0 fully saturated rings. The molecule has 5 heteroatoms. The van der Waals surface area contributed by atoms with Crippen LogP contribution in [-0.4, -0.2) is 28.3 Å². The molecule has 0 radical (unpaired) electrons. The Morgan fingerprint density at radius 3 is 2.53 bits per heavy atom. The van der Waals surface area contributed by atoms with Crippen molar-refractivity contribution in [1.82, 2.24) is 0 Å². The minimum atomic E-state index is -3.25. The minimum Gasteiger partial charge on any atom is -0.495 e. The molecule has 96 valence electrons. The molecule has 1 rings (SSSR count). The summed E-state index contributed by atoms with van der Waals surface area (Å²) >= 11 is 0. The van der Waals surface area contributed by atoms with Gasteiger partial charge in [0.2, 0.25) is 0 Å². The number of sulfone groups is 1. The van der Waals surface area contributed by atoms with E-state index in [1.165, 1.54) is 13.4 Å². The highest BCUT2D eigenvalue weighted by atomic mass is 32.2. The van der Waals surface area contributed by atoms with Crippen LogP contribution in [0.2, 0.25) is 0 Å². The molecule has 1 aromatic rings. The maximum atomic E-state index is 11.6. The van der Waals surface area contributed by atoms with Gasteiger partial charge in [0, 0.05) is 6.26 Å². The molecule has 0 amide bonds. The van der Waals surface area contributed by atoms with Crippen molar-refractivity contribution in [2.24, 2.45) is 5.73 Å². The second kappa shape index (κ2) is 6.02. The number of benzene rings is 1. The summed E-state index contributed by atoms with van der Waals surface area (Å²) in [6.45, 7) is 0.662. The van der Waals surface area contributed by atoms with Gasteiger partial charge in [-0.25, -0.2) is 8.42 Å². The topological polar surface area (TPSA) is 69.4 Å². The van der Waals surface area contributed by atoms with Gasteiger partial charge in [0.1, 0.15) is 10.6 Å². The van der Waals surface area contributed by atoms with Crippen LogP contribution in [0.15, 0.2) is 23.1 Å². The monoisotopic (exact) mass is 257 g/mol. The van der Waals surface area contributed by atoms with Crippen molar-refractivity contribution in [3.8, 4) is 5.75 Å². The predicted molar refractivity (Wildman–Crippen MR) is 68.1 cm³/mol. The van der Waals surface area contributed by atoms with E-state index in [9.17, 15) is 8.42 Å². The SMILES string of the molecule is COc1ccc(CCCCN)cc1S(C)(=O)=O. The molecule has 0 aromatic heterocycles. The molecule has 0 saturated heterocycles. The summed E-state index contributed by atoms with van der Waals surface area (Å²) in [5.74, 6) is 0.398. The van der Waals surface area contributed by atoms with Gasteiger partial charge in [-0.3, -0.25) is 0 Å². The molecule has 0 aliphatic carbocycles. The first-order chi connectivity index (χ1) is 7.99. The van der Waals surface area contributed by atoms with Crippen LogP contribution in [-0.2, 0) is 16.3 Å². The fourth-order valence-corrected chi connectivity index (χ4v) is 2.52. The summed E-state index contributed by atoms with van der Waals surface area (Å²) in [4.78, 5) is 0.255. The molecule has 0 spiro atoms. The largest absolute Gasteiger partial charge is 0.495 e. The number of hydrogen-bond acceptors (Lipinski definition) is 4. The van der Waals surface area contributed by atoms with E-state index in [0.717, 1.165) is 24.8 Å². The van der Waals surface area contributed by atoms with Gasteiger partial charge in [0.25, 0.3) is 0 Å². The molecule has 4 nitrogen and oxygen atoms in total. The molecule has 0 atom stereocenters. The lowest BCUT2D eigenvalue weighted by molar-refractivity contribution is 0.402. The second-order valence-electron chi connectivity index (χ2n) is 4.00. The molecule has 0 aliphatic heterocycles. The third-order valence-electron chi connectivity index (χ3n) is 2.55. The van der Waals surface area contributed by atoms with Crippen LogP contribution in [0, 0.1) is 0 Å². The number of hydrogen-bond donors (Lipinski definition) is 1. The Hall–Kier alpha value is -1.07. The molecule has 0 unspecified atom stereocenters. The van der Waals surface area contributed by atoms with Gasteiger partial charge in [0.15, 0.2) is 9.84 Å². The van der Waals surface area contributed by atoms with E-state index in [0.29, 0.717) is 12.3 Å². The third kappa shape index (κ3) is 4.02. The fourth-order valence-electron chi connectivity index (χ4n) is 1.64. The summed E-state index contributed by atoms with van der Waals surface area (Å²) in [6, 6.07) is 5.28. The van der Waals surface area contributed by atoms with Crippen LogP contribution in [0.3, 0.4) is 0 Å². The van der Waals surface area contributed by atoms with Crippen molar-refractivity contribution >= 4 is 9.84 Å². The van der Waals surface area contributed by atoms with E-state index in [4.69, 9.17) is 10.5 Å². The van der Waals surface area contributed by atoms with Gasteiger partial charge in [-0.05, 0) is 43.5 Å². The highest BCUT2D eigenvalue weighted by Crippen LogP contribution is 2.25. The van der Waals surface area contributed by atoms with Crippen LogP contribution in [0.25, 0.3) is 0 Å². The first kappa shape index (κ1) is 14.0. The van der Waals surface area contributed by atoms with E-state index >= 15 is 0 Å². The van der Waals surface area contributed by atoms with Crippen molar-refractivity contribution in [2.75, 3.05) is 19.9 Å². The van der Waals surface area contributed by atoms with Gasteiger partial charge in [-0.15, -0.1) is 0 Å². The number of nitrogens with two attached hydrogens (primary N) is 1. The van der Waals surface area contributed by atoms with Gasteiger partial charge < -0.3 is 10.5 Å². The van der Waals surface area contributed by atoms with E-state index in [1.807, 2.05) is 6.07 Å². The Bertz CT molecular complexity index is 469. The highest BCUT2D eigenvalue weighted by Gasteiger charge is 2.14. The Morgan fingerprint density at radius 2 is 2.00 bits per heavy atom. The van der Waals surface area contributed by atoms with Crippen molar-refractivity contribution in [3.63, 3.8) is 0 Å². The molecule has 0 heterocycles. The molecular formula is C12H19NO3S. The van der Waals surface area contributed by atoms with Crippen molar-refractivity contribution in [3.05, 3.63) is 23.8 Å². The van der Waals surface area contributed by atoms with Crippen LogP contribution in [0.4, 0.5) is 0 Å². The molecule has 0 saturated carbocycles. The molecule has 1 aromatic carbocycles. The van der Waals surface area contributed by atoms with Crippen molar-refractivity contribution in [2.45, 2.75) is 24.2 Å². The first-order valence-electron chi connectivity index (χ1n) is 5.56. The van der Waals surface area contributed by atoms with E-state index in [2.05, 4.69) is 0 Å². The van der Waals surface area contributed by atoms with Crippen molar-refractivity contribution in [1.29, 1.82) is 0 Å². The zero-order valence-electron chi connectivity index (χ0n) is 10.3. The average molecular weight is 257 g/mol. The Balaban J connectivity index is 2.97. The average Bonchev–Trinajstić information content (AvgIpc) is 2.28. The van der Waals surface area contributed by atoms with Crippen LogP contribution < -0.4 is 10.5 Å². The minimum absolute atomic E-state index is 0.255. The zero-order valence-corrected chi connectivity index (χ0v) is 11.1. The summed E-state index contributed by atoms with van der Waals surface area (Å²) in [7, 11) is -1.78. The summed E-state index contributed by atoms with van der Waals surface area (Å²) in [5.41, 5.74) is 6.42. The smallest absolute Gasteiger partial charge is 0.179 e. The summed E-state index contributed by atoms with van der Waals surface area (Å²) in [5, 5.41) is 0. The van der Waals surface area contributed by atoms with Gasteiger partial charge >= 0.3 is 0 Å². The molecular weight excluding hydrogens is 238 g/mol. The Kier molecular flexibility index (Phi) is 4.96. The molecule has 0 bridgehead atoms. The number of unbranched alkanes of at least 4 members (excludes halogenated alkanes) is 1. The van der Waals surface area contributed by atoms with Crippen LogP contribution in [0.5, 0.6) is 5.75 Å². The Labute approximate surface area is 103 Å². The van der Waals surface area contributed by atoms with Gasteiger partial charge in [-0.2, -0.15) is 0 Å². The van der Waals surface area contributed by atoms with E-state index in [-0.39, 0.29) is 4.90 Å². The lowest BCUT2D eigenvalue weighted by atomic mass is 10.1. The number of rotatable bonds is 6. The number of aryl methyl sites for hydroxylation is 1. The lowest BCUT2D eigenvalue weighted by Crippen LogP contribution is -2.03. The predicted octanol–water partition coefficient (Wildman–Crippen LogP) is 1.38. The van der Waals surface area contributed by atoms with Gasteiger partial charge in [-0.1, -0.05) is 6.07 Å². The standard InChI is InChI=1S/C12H19NO3S/c1-16-11-7-6-10(5-3-4-8-13)9-12(11)17(2,14)15/h6-7,9H,3-5,8,13H2,1-2H3. The first-order valence-corrected chi connectivity index (χ1v) is 7.45. The molecule has 0 aliphatic rings. The highest BCUT2D eigenvalue weighted by molar-refractivity contribution is 7.90. The van der Waals surface area contributed by atoms with Crippen LogP contribution in [0.1, 0.15) is 18.4 Å². The van der Waals surface area contributed by atoms with Gasteiger partial charge in [0.05, 0.1) is 7.11 Å².